The fraction of sp³-hybridized carbons (Fsp3) is 0.467. The van der Waals surface area contributed by atoms with Crippen molar-refractivity contribution in [2.75, 3.05) is 11.9 Å². The van der Waals surface area contributed by atoms with Crippen LogP contribution in [0.5, 0.6) is 0 Å². The van der Waals surface area contributed by atoms with E-state index in [-0.39, 0.29) is 11.6 Å². The van der Waals surface area contributed by atoms with Crippen LogP contribution in [-0.2, 0) is 9.59 Å². The van der Waals surface area contributed by atoms with Crippen molar-refractivity contribution in [1.82, 2.24) is 0 Å². The van der Waals surface area contributed by atoms with Gasteiger partial charge in [0.1, 0.15) is 17.0 Å². The first-order valence-electron chi connectivity index (χ1n) is 6.58. The van der Waals surface area contributed by atoms with Crippen LogP contribution >= 0.6 is 11.6 Å². The van der Waals surface area contributed by atoms with Crippen molar-refractivity contribution in [1.29, 1.82) is 0 Å². The summed E-state index contributed by atoms with van der Waals surface area (Å²) in [5.41, 5.74) is 0.0427. The van der Waals surface area contributed by atoms with Gasteiger partial charge in [-0.25, -0.2) is 0 Å². The lowest BCUT2D eigenvalue weighted by Gasteiger charge is -2.33. The first-order chi connectivity index (χ1) is 9.04. The summed E-state index contributed by atoms with van der Waals surface area (Å²) < 4.78 is 0. The van der Waals surface area contributed by atoms with Crippen molar-refractivity contribution in [2.24, 2.45) is 5.41 Å². The molecule has 2 rings (SSSR count). The standard InChI is InChI=1S/C15H18ClNO2/c1-11(18)15(9-3-2-4-14(15)19)10-17-13-7-5-12(16)6-8-13/h5-8,17H,2-4,9-10H2,1H3. The molecule has 3 nitrogen and oxygen atoms in total. The molecule has 1 aromatic rings. The number of ketones is 2. The molecule has 1 aliphatic rings. The fourth-order valence-corrected chi connectivity index (χ4v) is 2.72. The number of nitrogens with one attached hydrogen (secondary N) is 1. The second-order valence-electron chi connectivity index (χ2n) is 5.13. The minimum absolute atomic E-state index is 0.0290. The van der Waals surface area contributed by atoms with E-state index >= 15 is 0 Å². The largest absolute Gasteiger partial charge is 0.384 e. The average Bonchev–Trinajstić information content (AvgIpc) is 2.39. The number of halogens is 1. The third-order valence-electron chi connectivity index (χ3n) is 3.90. The Morgan fingerprint density at radius 1 is 1.32 bits per heavy atom. The molecule has 0 amide bonds. The van der Waals surface area contributed by atoms with Crippen LogP contribution in [0.25, 0.3) is 0 Å². The zero-order chi connectivity index (χ0) is 13.9. The van der Waals surface area contributed by atoms with Gasteiger partial charge < -0.3 is 5.32 Å². The van der Waals surface area contributed by atoms with Gasteiger partial charge in [0.25, 0.3) is 0 Å². The van der Waals surface area contributed by atoms with Crippen LogP contribution in [-0.4, -0.2) is 18.1 Å². The molecule has 19 heavy (non-hydrogen) atoms. The van der Waals surface area contributed by atoms with E-state index in [2.05, 4.69) is 5.32 Å². The summed E-state index contributed by atoms with van der Waals surface area (Å²) >= 11 is 5.83. The molecule has 1 atom stereocenters. The van der Waals surface area contributed by atoms with E-state index in [0.29, 0.717) is 24.4 Å². The zero-order valence-corrected chi connectivity index (χ0v) is 11.8. The molecule has 0 spiro atoms. The van der Waals surface area contributed by atoms with E-state index in [1.807, 2.05) is 12.1 Å². The lowest BCUT2D eigenvalue weighted by molar-refractivity contribution is -0.141. The summed E-state index contributed by atoms with van der Waals surface area (Å²) in [6, 6.07) is 7.27. The number of hydrogen-bond acceptors (Lipinski definition) is 3. The third kappa shape index (κ3) is 2.98. The highest BCUT2D eigenvalue weighted by atomic mass is 35.5. The molecule has 1 fully saturated rings. The Kier molecular flexibility index (Phi) is 4.25. The van der Waals surface area contributed by atoms with Gasteiger partial charge in [0.05, 0.1) is 0 Å². The molecule has 102 valence electrons. The summed E-state index contributed by atoms with van der Waals surface area (Å²) in [7, 11) is 0. The van der Waals surface area contributed by atoms with Crippen molar-refractivity contribution in [3.05, 3.63) is 29.3 Å². The molecule has 1 N–H and O–H groups in total. The summed E-state index contributed by atoms with van der Waals surface area (Å²) in [5, 5.41) is 3.86. The van der Waals surface area contributed by atoms with Crippen LogP contribution in [0.1, 0.15) is 32.6 Å². The lowest BCUT2D eigenvalue weighted by Crippen LogP contribution is -2.45. The number of Topliss-reactive ketones (excluding diaryl/α,β-unsaturated/α-hetero) is 2. The summed E-state index contributed by atoms with van der Waals surface area (Å²) in [6.07, 6.45) is 3.01. The molecule has 0 heterocycles. The molecule has 1 saturated carbocycles. The van der Waals surface area contributed by atoms with Gasteiger partial charge in [0.15, 0.2) is 0 Å². The molecule has 0 saturated heterocycles. The normalized spacial score (nSPS) is 23.2. The maximum atomic E-state index is 12.2. The molecule has 0 aromatic heterocycles. The van der Waals surface area contributed by atoms with Crippen molar-refractivity contribution < 1.29 is 9.59 Å². The van der Waals surface area contributed by atoms with Gasteiger partial charge in [-0.2, -0.15) is 0 Å². The zero-order valence-electron chi connectivity index (χ0n) is 11.0. The Hall–Kier alpha value is -1.35. The summed E-state index contributed by atoms with van der Waals surface area (Å²) in [5.74, 6) is 0.0476. The number of carbonyl (C=O) groups excluding carboxylic acids is 2. The first-order valence-corrected chi connectivity index (χ1v) is 6.96. The Labute approximate surface area is 118 Å². The van der Waals surface area contributed by atoms with E-state index in [9.17, 15) is 9.59 Å². The monoisotopic (exact) mass is 279 g/mol. The predicted octanol–water partition coefficient (Wildman–Crippen LogP) is 3.47. The van der Waals surface area contributed by atoms with Crippen LogP contribution < -0.4 is 5.32 Å². The lowest BCUT2D eigenvalue weighted by atomic mass is 9.70. The van der Waals surface area contributed by atoms with E-state index in [0.717, 1.165) is 18.5 Å². The van der Waals surface area contributed by atoms with Crippen molar-refractivity contribution in [2.45, 2.75) is 32.6 Å². The van der Waals surface area contributed by atoms with Crippen LogP contribution in [0.4, 0.5) is 5.69 Å². The molecular weight excluding hydrogens is 262 g/mol. The Balaban J connectivity index is 2.11. The minimum atomic E-state index is -0.835. The van der Waals surface area contributed by atoms with Crippen LogP contribution in [0.3, 0.4) is 0 Å². The summed E-state index contributed by atoms with van der Waals surface area (Å²) in [4.78, 5) is 24.1. The Morgan fingerprint density at radius 2 is 2.00 bits per heavy atom. The van der Waals surface area contributed by atoms with Crippen LogP contribution in [0, 0.1) is 5.41 Å². The minimum Gasteiger partial charge on any atom is -0.384 e. The number of anilines is 1. The predicted molar refractivity (Wildman–Crippen MR) is 76.5 cm³/mol. The van der Waals surface area contributed by atoms with Gasteiger partial charge in [-0.05, 0) is 44.0 Å². The molecule has 1 aliphatic carbocycles. The van der Waals surface area contributed by atoms with Gasteiger partial charge >= 0.3 is 0 Å². The number of rotatable bonds is 4. The van der Waals surface area contributed by atoms with Gasteiger partial charge in [-0.3, -0.25) is 9.59 Å². The Morgan fingerprint density at radius 3 is 2.58 bits per heavy atom. The maximum absolute atomic E-state index is 12.2. The Bertz CT molecular complexity index is 483. The van der Waals surface area contributed by atoms with Crippen molar-refractivity contribution >= 4 is 28.9 Å². The highest BCUT2D eigenvalue weighted by molar-refractivity contribution is 6.30. The van der Waals surface area contributed by atoms with E-state index in [4.69, 9.17) is 11.6 Å². The van der Waals surface area contributed by atoms with Crippen molar-refractivity contribution in [3.63, 3.8) is 0 Å². The van der Waals surface area contributed by atoms with Gasteiger partial charge in [0, 0.05) is 23.7 Å². The number of benzene rings is 1. The van der Waals surface area contributed by atoms with Gasteiger partial charge in [-0.1, -0.05) is 18.0 Å². The highest BCUT2D eigenvalue weighted by Crippen LogP contribution is 2.34. The quantitative estimate of drug-likeness (QED) is 0.859. The SMILES string of the molecule is CC(=O)C1(CNc2ccc(Cl)cc2)CCCCC1=O. The van der Waals surface area contributed by atoms with Gasteiger partial charge in [-0.15, -0.1) is 0 Å². The average molecular weight is 280 g/mol. The smallest absolute Gasteiger partial charge is 0.148 e. The second-order valence-corrected chi connectivity index (χ2v) is 5.57. The first kappa shape index (κ1) is 14.1. The van der Waals surface area contributed by atoms with E-state index in [1.165, 1.54) is 6.92 Å². The highest BCUT2D eigenvalue weighted by Gasteiger charge is 2.43. The van der Waals surface area contributed by atoms with E-state index < -0.39 is 5.41 Å². The molecule has 0 aliphatic heterocycles. The third-order valence-corrected chi connectivity index (χ3v) is 4.16. The molecule has 1 unspecified atom stereocenters. The maximum Gasteiger partial charge on any atom is 0.148 e. The fourth-order valence-electron chi connectivity index (χ4n) is 2.60. The van der Waals surface area contributed by atoms with E-state index in [1.54, 1.807) is 12.1 Å². The van der Waals surface area contributed by atoms with Crippen LogP contribution in [0.2, 0.25) is 5.02 Å². The summed E-state index contributed by atoms with van der Waals surface area (Å²) in [6.45, 7) is 1.90. The molecule has 0 radical (unpaired) electrons. The molecule has 4 heteroatoms. The number of hydrogen-bond donors (Lipinski definition) is 1. The number of carbonyl (C=O) groups is 2. The topological polar surface area (TPSA) is 46.2 Å². The van der Waals surface area contributed by atoms with Crippen molar-refractivity contribution in [3.8, 4) is 0 Å². The van der Waals surface area contributed by atoms with Crippen LogP contribution in [0.15, 0.2) is 24.3 Å². The molecule has 0 bridgehead atoms. The molecule has 1 aromatic carbocycles. The van der Waals surface area contributed by atoms with Gasteiger partial charge in [0.2, 0.25) is 0 Å². The second kappa shape index (κ2) is 5.74. The molecular formula is C15H18ClNO2.